The van der Waals surface area contributed by atoms with E-state index in [2.05, 4.69) is 20.8 Å². The Morgan fingerprint density at radius 1 is 0.839 bits per heavy atom. The maximum absolute atomic E-state index is 12.9. The quantitative estimate of drug-likeness (QED) is 0.502. The molecule has 4 rings (SSSR count). The van der Waals surface area contributed by atoms with Gasteiger partial charge in [0, 0.05) is 0 Å². The Morgan fingerprint density at radius 3 is 2.23 bits per heavy atom. The first-order valence-electron chi connectivity index (χ1n) is 9.86. The molecule has 0 fully saturated rings. The maximum atomic E-state index is 12.9. The van der Waals surface area contributed by atoms with Gasteiger partial charge in [-0.25, -0.2) is 0 Å². The van der Waals surface area contributed by atoms with E-state index in [-0.39, 0.29) is 17.6 Å². The third-order valence-corrected chi connectivity index (χ3v) is 4.78. The summed E-state index contributed by atoms with van der Waals surface area (Å²) in [7, 11) is 0. The number of hydrogen-bond acceptors (Lipinski definition) is 4. The highest BCUT2D eigenvalue weighted by Crippen LogP contribution is 2.18. The molecule has 1 aromatic heterocycles. The van der Waals surface area contributed by atoms with E-state index >= 15 is 0 Å². The molecule has 0 saturated carbocycles. The summed E-state index contributed by atoms with van der Waals surface area (Å²) in [6.07, 6.45) is 1.39. The molecule has 0 bridgehead atoms. The predicted octanol–water partition coefficient (Wildman–Crippen LogP) is 4.01. The molecule has 0 radical (unpaired) electrons. The molecule has 7 heteroatoms. The molecule has 2 amide bonds. The molecule has 0 aliphatic rings. The summed E-state index contributed by atoms with van der Waals surface area (Å²) in [5, 5.41) is 14.1. The molecular formula is C24H21N5O2. The number of amides is 2. The average molecular weight is 411 g/mol. The second-order valence-corrected chi connectivity index (χ2v) is 6.96. The third kappa shape index (κ3) is 4.67. The fraction of sp³-hybridized carbons (Fsp3) is 0.0833. The molecule has 0 aliphatic carbocycles. The molecule has 4 aromatic rings. The molecule has 1 atom stereocenters. The number of aromatic nitrogens is 3. The number of benzene rings is 3. The Morgan fingerprint density at radius 2 is 1.48 bits per heavy atom. The number of para-hydroxylation sites is 2. The van der Waals surface area contributed by atoms with E-state index in [1.807, 2.05) is 67.6 Å². The van der Waals surface area contributed by atoms with Gasteiger partial charge in [-0.05, 0) is 36.8 Å². The summed E-state index contributed by atoms with van der Waals surface area (Å²) in [5.41, 5.74) is 2.66. The number of hydrogen-bond donors (Lipinski definition) is 2. The van der Waals surface area contributed by atoms with E-state index in [0.717, 1.165) is 11.3 Å². The Kier molecular flexibility index (Phi) is 5.84. The number of rotatable bonds is 6. The molecule has 0 saturated heterocycles. The summed E-state index contributed by atoms with van der Waals surface area (Å²) < 4.78 is 0. The van der Waals surface area contributed by atoms with Gasteiger partial charge < -0.3 is 10.6 Å². The number of carbonyl (C=O) groups excluding carboxylic acids is 2. The van der Waals surface area contributed by atoms with E-state index in [4.69, 9.17) is 0 Å². The van der Waals surface area contributed by atoms with Crippen molar-refractivity contribution in [2.24, 2.45) is 0 Å². The normalized spacial score (nSPS) is 11.5. The molecule has 1 heterocycles. The Hall–Kier alpha value is -4.26. The zero-order valence-corrected chi connectivity index (χ0v) is 16.9. The van der Waals surface area contributed by atoms with Crippen LogP contribution in [0.1, 0.15) is 39.4 Å². The Bertz CT molecular complexity index is 1190. The lowest BCUT2D eigenvalue weighted by Gasteiger charge is -2.16. The van der Waals surface area contributed by atoms with Crippen molar-refractivity contribution in [1.82, 2.24) is 20.3 Å². The highest BCUT2D eigenvalue weighted by atomic mass is 16.2. The molecular weight excluding hydrogens is 390 g/mol. The van der Waals surface area contributed by atoms with Gasteiger partial charge in [0.05, 0.1) is 29.2 Å². The van der Waals surface area contributed by atoms with Gasteiger partial charge in [0.2, 0.25) is 0 Å². The standard InChI is InChI=1S/C24H21N5O2/c1-17(18-10-4-2-5-11-18)26-23(30)20-14-8-9-15-21(20)27-24(31)22-16-25-29(28-22)19-12-6-3-7-13-19/h2-17H,1H3,(H,26,30)(H,27,31). The lowest BCUT2D eigenvalue weighted by Crippen LogP contribution is -2.28. The molecule has 0 aliphatic heterocycles. The first-order chi connectivity index (χ1) is 15.1. The zero-order valence-electron chi connectivity index (χ0n) is 16.9. The zero-order chi connectivity index (χ0) is 21.6. The van der Waals surface area contributed by atoms with Gasteiger partial charge >= 0.3 is 0 Å². The summed E-state index contributed by atoms with van der Waals surface area (Å²) in [4.78, 5) is 27.0. The number of anilines is 1. The van der Waals surface area contributed by atoms with Gasteiger partial charge in [-0.3, -0.25) is 9.59 Å². The van der Waals surface area contributed by atoms with Crippen molar-refractivity contribution in [3.63, 3.8) is 0 Å². The van der Waals surface area contributed by atoms with E-state index in [9.17, 15) is 9.59 Å². The van der Waals surface area contributed by atoms with Crippen LogP contribution in [-0.4, -0.2) is 26.8 Å². The lowest BCUT2D eigenvalue weighted by atomic mass is 10.1. The molecule has 154 valence electrons. The summed E-state index contributed by atoms with van der Waals surface area (Å²) in [5.74, 6) is -0.723. The largest absolute Gasteiger partial charge is 0.345 e. The summed E-state index contributed by atoms with van der Waals surface area (Å²) in [6.45, 7) is 1.91. The molecule has 1 unspecified atom stereocenters. The first-order valence-corrected chi connectivity index (χ1v) is 9.86. The van der Waals surface area contributed by atoms with Crippen LogP contribution in [0.4, 0.5) is 5.69 Å². The Labute approximate surface area is 179 Å². The second-order valence-electron chi connectivity index (χ2n) is 6.96. The van der Waals surface area contributed by atoms with Crippen LogP contribution < -0.4 is 10.6 Å². The molecule has 7 nitrogen and oxygen atoms in total. The van der Waals surface area contributed by atoms with Crippen LogP contribution in [0.5, 0.6) is 0 Å². The fourth-order valence-electron chi connectivity index (χ4n) is 3.13. The van der Waals surface area contributed by atoms with Crippen LogP contribution in [0.2, 0.25) is 0 Å². The van der Waals surface area contributed by atoms with E-state index in [1.54, 1.807) is 24.3 Å². The Balaban J connectivity index is 1.49. The van der Waals surface area contributed by atoms with Gasteiger partial charge in [-0.15, -0.1) is 5.10 Å². The van der Waals surface area contributed by atoms with Crippen molar-refractivity contribution in [2.75, 3.05) is 5.32 Å². The van der Waals surface area contributed by atoms with Crippen LogP contribution in [0.25, 0.3) is 5.69 Å². The van der Waals surface area contributed by atoms with E-state index in [0.29, 0.717) is 11.3 Å². The van der Waals surface area contributed by atoms with Gasteiger partial charge in [0.15, 0.2) is 5.69 Å². The molecule has 0 spiro atoms. The summed E-state index contributed by atoms with van der Waals surface area (Å²) >= 11 is 0. The molecule has 2 N–H and O–H groups in total. The van der Waals surface area contributed by atoms with Crippen molar-refractivity contribution >= 4 is 17.5 Å². The SMILES string of the molecule is CC(NC(=O)c1ccccc1NC(=O)c1cnn(-c2ccccc2)n1)c1ccccc1. The number of nitrogens with zero attached hydrogens (tertiary/aromatic N) is 3. The van der Waals surface area contributed by atoms with Gasteiger partial charge in [-0.1, -0.05) is 60.7 Å². The van der Waals surface area contributed by atoms with Gasteiger partial charge in [-0.2, -0.15) is 9.90 Å². The summed E-state index contributed by atoms with van der Waals surface area (Å²) in [6, 6.07) is 25.7. The topological polar surface area (TPSA) is 88.9 Å². The average Bonchev–Trinajstić information content (AvgIpc) is 3.31. The lowest BCUT2D eigenvalue weighted by molar-refractivity contribution is 0.0941. The fourth-order valence-corrected chi connectivity index (χ4v) is 3.13. The monoisotopic (exact) mass is 411 g/mol. The highest BCUT2D eigenvalue weighted by molar-refractivity contribution is 6.08. The van der Waals surface area contributed by atoms with Crippen LogP contribution in [0, 0.1) is 0 Å². The number of carbonyl (C=O) groups is 2. The number of nitrogens with one attached hydrogen (secondary N) is 2. The molecule has 31 heavy (non-hydrogen) atoms. The van der Waals surface area contributed by atoms with E-state index in [1.165, 1.54) is 11.0 Å². The van der Waals surface area contributed by atoms with Crippen molar-refractivity contribution in [1.29, 1.82) is 0 Å². The smallest absolute Gasteiger partial charge is 0.277 e. The van der Waals surface area contributed by atoms with Crippen molar-refractivity contribution in [2.45, 2.75) is 13.0 Å². The third-order valence-electron chi connectivity index (χ3n) is 4.78. The van der Waals surface area contributed by atoms with Crippen LogP contribution >= 0.6 is 0 Å². The maximum Gasteiger partial charge on any atom is 0.277 e. The van der Waals surface area contributed by atoms with Crippen molar-refractivity contribution in [3.05, 3.63) is 108 Å². The van der Waals surface area contributed by atoms with Gasteiger partial charge in [0.25, 0.3) is 11.8 Å². The predicted molar refractivity (Wildman–Crippen MR) is 118 cm³/mol. The highest BCUT2D eigenvalue weighted by Gasteiger charge is 2.18. The van der Waals surface area contributed by atoms with Crippen LogP contribution in [-0.2, 0) is 0 Å². The van der Waals surface area contributed by atoms with Crippen LogP contribution in [0.15, 0.2) is 91.1 Å². The minimum absolute atomic E-state index is 0.150. The van der Waals surface area contributed by atoms with Crippen molar-refractivity contribution < 1.29 is 9.59 Å². The van der Waals surface area contributed by atoms with Crippen LogP contribution in [0.3, 0.4) is 0 Å². The molecule has 3 aromatic carbocycles. The minimum Gasteiger partial charge on any atom is -0.345 e. The first kappa shape index (κ1) is 20.0. The minimum atomic E-state index is -0.446. The van der Waals surface area contributed by atoms with E-state index < -0.39 is 5.91 Å². The van der Waals surface area contributed by atoms with Crippen molar-refractivity contribution in [3.8, 4) is 5.69 Å². The second kappa shape index (κ2) is 9.04. The van der Waals surface area contributed by atoms with Gasteiger partial charge in [0.1, 0.15) is 0 Å².